The van der Waals surface area contributed by atoms with Crippen LogP contribution in [0.4, 0.5) is 0 Å². The SMILES string of the molecule is Cc1cc(C(O)c2cncc3ccccc23)cs1. The molecule has 2 nitrogen and oxygen atoms in total. The summed E-state index contributed by atoms with van der Waals surface area (Å²) >= 11 is 1.65. The van der Waals surface area contributed by atoms with E-state index in [1.165, 1.54) is 4.88 Å². The van der Waals surface area contributed by atoms with Gasteiger partial charge >= 0.3 is 0 Å². The Hall–Kier alpha value is -1.71. The van der Waals surface area contributed by atoms with Crippen molar-refractivity contribution in [2.24, 2.45) is 0 Å². The van der Waals surface area contributed by atoms with E-state index < -0.39 is 6.10 Å². The Labute approximate surface area is 110 Å². The van der Waals surface area contributed by atoms with Crippen LogP contribution in [0.25, 0.3) is 10.8 Å². The second-order valence-corrected chi connectivity index (χ2v) is 5.46. The number of fused-ring (bicyclic) bond motifs is 1. The average Bonchev–Trinajstić information content (AvgIpc) is 2.84. The van der Waals surface area contributed by atoms with Gasteiger partial charge in [-0.05, 0) is 29.3 Å². The number of pyridine rings is 1. The van der Waals surface area contributed by atoms with E-state index in [0.717, 1.165) is 21.9 Å². The van der Waals surface area contributed by atoms with Crippen molar-refractivity contribution >= 4 is 22.1 Å². The fourth-order valence-electron chi connectivity index (χ4n) is 2.14. The molecular formula is C15H13NOS. The number of aliphatic hydroxyl groups is 1. The molecule has 3 heteroatoms. The third kappa shape index (κ3) is 1.92. The molecule has 0 bridgehead atoms. The van der Waals surface area contributed by atoms with Gasteiger partial charge in [-0.25, -0.2) is 0 Å². The number of rotatable bonds is 2. The van der Waals surface area contributed by atoms with Gasteiger partial charge in [-0.2, -0.15) is 0 Å². The number of hydrogen-bond acceptors (Lipinski definition) is 3. The Morgan fingerprint density at radius 2 is 2.06 bits per heavy atom. The third-order valence-corrected chi connectivity index (χ3v) is 3.94. The summed E-state index contributed by atoms with van der Waals surface area (Å²) in [5.74, 6) is 0. The van der Waals surface area contributed by atoms with Crippen molar-refractivity contribution in [1.82, 2.24) is 4.98 Å². The van der Waals surface area contributed by atoms with Crippen LogP contribution in [0.3, 0.4) is 0 Å². The Bertz CT molecular complexity index is 684. The van der Waals surface area contributed by atoms with Crippen molar-refractivity contribution in [3.63, 3.8) is 0 Å². The van der Waals surface area contributed by atoms with Crippen LogP contribution in [0, 0.1) is 6.92 Å². The molecule has 2 aromatic heterocycles. The highest BCUT2D eigenvalue weighted by Gasteiger charge is 2.14. The molecule has 1 N–H and O–H groups in total. The first kappa shape index (κ1) is 11.4. The quantitative estimate of drug-likeness (QED) is 0.757. The summed E-state index contributed by atoms with van der Waals surface area (Å²) in [6.45, 7) is 2.04. The second-order valence-electron chi connectivity index (χ2n) is 4.34. The maximum absolute atomic E-state index is 10.5. The van der Waals surface area contributed by atoms with E-state index in [2.05, 4.69) is 4.98 Å². The molecule has 3 rings (SSSR count). The summed E-state index contributed by atoms with van der Waals surface area (Å²) < 4.78 is 0. The van der Waals surface area contributed by atoms with Gasteiger partial charge in [0.25, 0.3) is 0 Å². The minimum atomic E-state index is -0.603. The van der Waals surface area contributed by atoms with Crippen LogP contribution in [-0.2, 0) is 0 Å². The van der Waals surface area contributed by atoms with Crippen LogP contribution in [0.2, 0.25) is 0 Å². The van der Waals surface area contributed by atoms with Gasteiger partial charge in [0.2, 0.25) is 0 Å². The number of aliphatic hydroxyl groups excluding tert-OH is 1. The molecule has 0 radical (unpaired) electrons. The van der Waals surface area contributed by atoms with Crippen LogP contribution in [0.5, 0.6) is 0 Å². The van der Waals surface area contributed by atoms with Crippen molar-refractivity contribution in [2.75, 3.05) is 0 Å². The molecular weight excluding hydrogens is 242 g/mol. The molecule has 0 aliphatic carbocycles. The Morgan fingerprint density at radius 1 is 1.22 bits per heavy atom. The monoisotopic (exact) mass is 255 g/mol. The minimum Gasteiger partial charge on any atom is -0.384 e. The number of thiophene rings is 1. The van der Waals surface area contributed by atoms with Crippen molar-refractivity contribution in [3.8, 4) is 0 Å². The van der Waals surface area contributed by atoms with Crippen LogP contribution >= 0.6 is 11.3 Å². The predicted molar refractivity (Wildman–Crippen MR) is 74.9 cm³/mol. The van der Waals surface area contributed by atoms with E-state index >= 15 is 0 Å². The highest BCUT2D eigenvalue weighted by molar-refractivity contribution is 7.10. The second kappa shape index (κ2) is 4.52. The molecule has 1 unspecified atom stereocenters. The predicted octanol–water partition coefficient (Wildman–Crippen LogP) is 3.69. The van der Waals surface area contributed by atoms with Gasteiger partial charge in [-0.15, -0.1) is 11.3 Å². The zero-order chi connectivity index (χ0) is 12.5. The van der Waals surface area contributed by atoms with Crippen molar-refractivity contribution in [1.29, 1.82) is 0 Å². The molecule has 0 amide bonds. The first-order valence-electron chi connectivity index (χ1n) is 5.81. The van der Waals surface area contributed by atoms with E-state index in [0.29, 0.717) is 0 Å². The van der Waals surface area contributed by atoms with Crippen molar-refractivity contribution in [3.05, 3.63) is 64.1 Å². The highest BCUT2D eigenvalue weighted by atomic mass is 32.1. The number of aryl methyl sites for hydroxylation is 1. The molecule has 0 saturated heterocycles. The summed E-state index contributed by atoms with van der Waals surface area (Å²) in [6.07, 6.45) is 2.97. The maximum Gasteiger partial charge on any atom is 0.107 e. The standard InChI is InChI=1S/C15H13NOS/c1-10-6-12(9-18-10)15(17)14-8-16-7-11-4-2-3-5-13(11)14/h2-9,15,17H,1H3. The Balaban J connectivity index is 2.14. The molecule has 1 aromatic carbocycles. The lowest BCUT2D eigenvalue weighted by Crippen LogP contribution is -1.99. The summed E-state index contributed by atoms with van der Waals surface area (Å²) in [7, 11) is 0. The number of nitrogens with zero attached hydrogens (tertiary/aromatic N) is 1. The van der Waals surface area contributed by atoms with Crippen LogP contribution in [0.15, 0.2) is 48.1 Å². The highest BCUT2D eigenvalue weighted by Crippen LogP contribution is 2.30. The largest absolute Gasteiger partial charge is 0.384 e. The topological polar surface area (TPSA) is 33.1 Å². The van der Waals surface area contributed by atoms with E-state index in [-0.39, 0.29) is 0 Å². The fourth-order valence-corrected chi connectivity index (χ4v) is 2.87. The first-order valence-corrected chi connectivity index (χ1v) is 6.69. The number of benzene rings is 1. The minimum absolute atomic E-state index is 0.603. The normalized spacial score (nSPS) is 12.8. The molecule has 18 heavy (non-hydrogen) atoms. The lowest BCUT2D eigenvalue weighted by molar-refractivity contribution is 0.222. The van der Waals surface area contributed by atoms with Gasteiger partial charge < -0.3 is 5.11 Å². The Kier molecular flexibility index (Phi) is 2.86. The molecule has 0 saturated carbocycles. The van der Waals surface area contributed by atoms with Gasteiger partial charge in [0, 0.05) is 28.2 Å². The van der Waals surface area contributed by atoms with Crippen LogP contribution in [0.1, 0.15) is 22.1 Å². The fraction of sp³-hybridized carbons (Fsp3) is 0.133. The third-order valence-electron chi connectivity index (χ3n) is 3.06. The van der Waals surface area contributed by atoms with E-state index in [9.17, 15) is 5.11 Å². The summed E-state index contributed by atoms with van der Waals surface area (Å²) in [4.78, 5) is 5.42. The first-order chi connectivity index (χ1) is 8.75. The molecule has 0 aliphatic rings. The molecule has 2 heterocycles. The maximum atomic E-state index is 10.5. The summed E-state index contributed by atoms with van der Waals surface area (Å²) in [5, 5.41) is 14.6. The van der Waals surface area contributed by atoms with Crippen molar-refractivity contribution in [2.45, 2.75) is 13.0 Å². The molecule has 0 aliphatic heterocycles. The lowest BCUT2D eigenvalue weighted by Gasteiger charge is -2.11. The van der Waals surface area contributed by atoms with Crippen molar-refractivity contribution < 1.29 is 5.11 Å². The zero-order valence-corrected chi connectivity index (χ0v) is 10.8. The van der Waals surface area contributed by atoms with E-state index in [1.807, 2.05) is 48.8 Å². The Morgan fingerprint density at radius 3 is 2.83 bits per heavy atom. The van der Waals surface area contributed by atoms with E-state index in [4.69, 9.17) is 0 Å². The smallest absolute Gasteiger partial charge is 0.107 e. The summed E-state index contributed by atoms with van der Waals surface area (Å²) in [6, 6.07) is 10.0. The van der Waals surface area contributed by atoms with Crippen LogP contribution < -0.4 is 0 Å². The zero-order valence-electron chi connectivity index (χ0n) is 10.00. The molecule has 90 valence electrons. The number of hydrogen-bond donors (Lipinski definition) is 1. The van der Waals surface area contributed by atoms with Gasteiger partial charge in [0.15, 0.2) is 0 Å². The van der Waals surface area contributed by atoms with E-state index in [1.54, 1.807) is 17.5 Å². The van der Waals surface area contributed by atoms with Gasteiger partial charge in [-0.1, -0.05) is 24.3 Å². The van der Waals surface area contributed by atoms with Gasteiger partial charge in [-0.3, -0.25) is 4.98 Å². The average molecular weight is 255 g/mol. The van der Waals surface area contributed by atoms with Gasteiger partial charge in [0.05, 0.1) is 0 Å². The molecule has 0 spiro atoms. The molecule has 0 fully saturated rings. The van der Waals surface area contributed by atoms with Gasteiger partial charge in [0.1, 0.15) is 6.10 Å². The summed E-state index contributed by atoms with van der Waals surface area (Å²) in [5.41, 5.74) is 1.81. The lowest BCUT2D eigenvalue weighted by atomic mass is 10.00. The molecule has 3 aromatic rings. The molecule has 1 atom stereocenters. The number of aromatic nitrogens is 1. The van der Waals surface area contributed by atoms with Crippen LogP contribution in [-0.4, -0.2) is 10.1 Å².